The summed E-state index contributed by atoms with van der Waals surface area (Å²) < 4.78 is 4.65. The normalized spacial score (nSPS) is 9.57. The van der Waals surface area contributed by atoms with Crippen LogP contribution in [0.2, 0.25) is 0 Å². The smallest absolute Gasteiger partial charge is 0.357 e. The third-order valence-electron chi connectivity index (χ3n) is 1.42. The first-order valence-corrected chi connectivity index (χ1v) is 4.24. The lowest BCUT2D eigenvalue weighted by Crippen LogP contribution is -2.05. The van der Waals surface area contributed by atoms with Crippen molar-refractivity contribution in [2.45, 2.75) is 0 Å². The van der Waals surface area contributed by atoms with Crippen LogP contribution in [0.25, 0.3) is 0 Å². The number of hydrogen-bond donors (Lipinski definition) is 0. The van der Waals surface area contributed by atoms with Gasteiger partial charge in [-0.1, -0.05) is 0 Å². The van der Waals surface area contributed by atoms with E-state index in [0.717, 1.165) is 6.20 Å². The molecule has 0 saturated heterocycles. The zero-order valence-electron chi connectivity index (χ0n) is 7.06. The number of aromatic nitrogens is 1. The fourth-order valence-electron chi connectivity index (χ4n) is 0.775. The molecule has 0 aliphatic heterocycles. The molecule has 1 rings (SSSR count). The Hall–Kier alpha value is -1.50. The molecule has 0 aliphatic carbocycles. The lowest BCUT2D eigenvalue weighted by Gasteiger charge is -1.99. The number of pyridine rings is 1. The van der Waals surface area contributed by atoms with Gasteiger partial charge in [0, 0.05) is 6.07 Å². The molecular formula is C7H5BrN2O4. The van der Waals surface area contributed by atoms with Crippen molar-refractivity contribution in [3.63, 3.8) is 0 Å². The second-order valence-electron chi connectivity index (χ2n) is 2.27. The van der Waals surface area contributed by atoms with E-state index in [9.17, 15) is 14.9 Å². The van der Waals surface area contributed by atoms with Gasteiger partial charge in [0.2, 0.25) is 0 Å². The average molecular weight is 261 g/mol. The Bertz CT molecular complexity index is 393. The molecule has 0 N–H and O–H groups in total. The molecule has 0 atom stereocenters. The number of methoxy groups -OCH3 is 1. The van der Waals surface area contributed by atoms with E-state index in [0.29, 0.717) is 0 Å². The van der Waals surface area contributed by atoms with Gasteiger partial charge >= 0.3 is 5.97 Å². The first-order valence-electron chi connectivity index (χ1n) is 3.44. The van der Waals surface area contributed by atoms with Crippen molar-refractivity contribution in [3.05, 3.63) is 32.5 Å². The van der Waals surface area contributed by atoms with Gasteiger partial charge in [0.25, 0.3) is 5.69 Å². The third-order valence-corrected chi connectivity index (χ3v) is 2.02. The number of carbonyl (C=O) groups excluding carboxylic acids is 1. The highest BCUT2D eigenvalue weighted by Gasteiger charge is 2.16. The monoisotopic (exact) mass is 260 g/mol. The quantitative estimate of drug-likeness (QED) is 0.458. The van der Waals surface area contributed by atoms with Crippen molar-refractivity contribution in [3.8, 4) is 0 Å². The summed E-state index contributed by atoms with van der Waals surface area (Å²) >= 11 is 2.99. The highest BCUT2D eigenvalue weighted by molar-refractivity contribution is 9.10. The van der Waals surface area contributed by atoms with Gasteiger partial charge in [0.15, 0.2) is 5.69 Å². The van der Waals surface area contributed by atoms with Crippen molar-refractivity contribution < 1.29 is 14.5 Å². The van der Waals surface area contributed by atoms with Crippen LogP contribution in [0, 0.1) is 10.1 Å². The fraction of sp³-hybridized carbons (Fsp3) is 0.143. The molecule has 6 nitrogen and oxygen atoms in total. The molecule has 0 aliphatic rings. The molecule has 0 bridgehead atoms. The summed E-state index contributed by atoms with van der Waals surface area (Å²) in [6, 6.07) is 1.19. The first-order chi connectivity index (χ1) is 6.56. The van der Waals surface area contributed by atoms with Gasteiger partial charge in [-0.3, -0.25) is 10.1 Å². The van der Waals surface area contributed by atoms with Crippen molar-refractivity contribution in [1.82, 2.24) is 4.98 Å². The summed E-state index contributed by atoms with van der Waals surface area (Å²) in [6.45, 7) is 0. The van der Waals surface area contributed by atoms with E-state index in [2.05, 4.69) is 25.7 Å². The van der Waals surface area contributed by atoms with Gasteiger partial charge < -0.3 is 4.74 Å². The fourth-order valence-corrected chi connectivity index (χ4v) is 1.27. The molecule has 0 radical (unpaired) electrons. The van der Waals surface area contributed by atoms with Crippen LogP contribution >= 0.6 is 15.9 Å². The largest absolute Gasteiger partial charge is 0.464 e. The molecule has 1 aromatic heterocycles. The predicted octanol–water partition coefficient (Wildman–Crippen LogP) is 1.54. The van der Waals surface area contributed by atoms with Crippen LogP contribution in [0.15, 0.2) is 16.7 Å². The van der Waals surface area contributed by atoms with E-state index in [4.69, 9.17) is 0 Å². The minimum Gasteiger partial charge on any atom is -0.464 e. The molecule has 0 unspecified atom stereocenters. The summed E-state index contributed by atoms with van der Waals surface area (Å²) in [7, 11) is 1.21. The molecule has 0 fully saturated rings. The molecule has 0 amide bonds. The zero-order valence-corrected chi connectivity index (χ0v) is 8.65. The van der Waals surface area contributed by atoms with Crippen molar-refractivity contribution in [1.29, 1.82) is 0 Å². The molecule has 0 spiro atoms. The van der Waals surface area contributed by atoms with Gasteiger partial charge in [0.1, 0.15) is 6.20 Å². The summed E-state index contributed by atoms with van der Waals surface area (Å²) in [5.74, 6) is -0.647. The Morgan fingerprint density at radius 3 is 2.79 bits per heavy atom. The Kier molecular flexibility index (Phi) is 3.13. The van der Waals surface area contributed by atoms with E-state index in [1.165, 1.54) is 13.2 Å². The van der Waals surface area contributed by atoms with Crippen LogP contribution in [-0.2, 0) is 4.74 Å². The van der Waals surface area contributed by atoms with Crippen LogP contribution in [0.4, 0.5) is 5.69 Å². The second-order valence-corrected chi connectivity index (χ2v) is 3.13. The lowest BCUT2D eigenvalue weighted by molar-refractivity contribution is -0.385. The van der Waals surface area contributed by atoms with Crippen LogP contribution in [0.5, 0.6) is 0 Å². The highest BCUT2D eigenvalue weighted by atomic mass is 79.9. The Morgan fingerprint density at radius 1 is 1.71 bits per heavy atom. The number of nitro groups is 1. The number of halogens is 1. The van der Waals surface area contributed by atoms with Gasteiger partial charge in [-0.05, 0) is 15.9 Å². The second kappa shape index (κ2) is 4.14. The number of rotatable bonds is 2. The number of ether oxygens (including phenoxy) is 1. The first kappa shape index (κ1) is 10.6. The molecule has 1 aromatic rings. The number of nitrogens with zero attached hydrogens (tertiary/aromatic N) is 2. The number of hydrogen-bond acceptors (Lipinski definition) is 5. The molecule has 7 heteroatoms. The summed E-state index contributed by atoms with van der Waals surface area (Å²) in [5.41, 5.74) is -0.178. The minimum atomic E-state index is -0.647. The van der Waals surface area contributed by atoms with E-state index < -0.39 is 10.9 Å². The van der Waals surface area contributed by atoms with E-state index >= 15 is 0 Å². The average Bonchev–Trinajstić information content (AvgIpc) is 2.16. The van der Waals surface area contributed by atoms with E-state index in [1.54, 1.807) is 0 Å². The summed E-state index contributed by atoms with van der Waals surface area (Å²) in [6.07, 6.45) is 0.997. The van der Waals surface area contributed by atoms with E-state index in [1.807, 2.05) is 0 Å². The molecule has 0 aromatic carbocycles. The lowest BCUT2D eigenvalue weighted by atomic mass is 10.3. The van der Waals surface area contributed by atoms with Crippen molar-refractivity contribution in [2.24, 2.45) is 0 Å². The third kappa shape index (κ3) is 2.05. The standard InChI is InChI=1S/C7H5BrN2O4/c1-14-7(11)6-5(8)2-4(3-9-6)10(12)13/h2-3H,1H3. The Morgan fingerprint density at radius 2 is 2.36 bits per heavy atom. The Labute approximate surface area is 87.2 Å². The molecule has 0 saturated carbocycles. The van der Waals surface area contributed by atoms with Gasteiger partial charge in [-0.2, -0.15) is 0 Å². The summed E-state index contributed by atoms with van der Waals surface area (Å²) in [5, 5.41) is 10.3. The predicted molar refractivity (Wildman–Crippen MR) is 49.9 cm³/mol. The minimum absolute atomic E-state index is 0.0121. The molecular weight excluding hydrogens is 256 g/mol. The highest BCUT2D eigenvalue weighted by Crippen LogP contribution is 2.20. The van der Waals surface area contributed by atoms with Crippen LogP contribution < -0.4 is 0 Å². The van der Waals surface area contributed by atoms with Crippen LogP contribution in [-0.4, -0.2) is 23.0 Å². The van der Waals surface area contributed by atoms with Crippen molar-refractivity contribution >= 4 is 27.6 Å². The van der Waals surface area contributed by atoms with Crippen LogP contribution in [0.1, 0.15) is 10.5 Å². The molecule has 1 heterocycles. The van der Waals surface area contributed by atoms with Crippen molar-refractivity contribution in [2.75, 3.05) is 7.11 Å². The zero-order chi connectivity index (χ0) is 10.7. The SMILES string of the molecule is COC(=O)c1ncc([N+](=O)[O-])cc1Br. The number of carbonyl (C=O) groups is 1. The Balaban J connectivity index is 3.14. The maximum atomic E-state index is 11.0. The molecule has 74 valence electrons. The van der Waals surface area contributed by atoms with E-state index in [-0.39, 0.29) is 15.9 Å². The molecule has 14 heavy (non-hydrogen) atoms. The van der Waals surface area contributed by atoms with Gasteiger partial charge in [0.05, 0.1) is 16.5 Å². The van der Waals surface area contributed by atoms with Gasteiger partial charge in [-0.25, -0.2) is 9.78 Å². The summed E-state index contributed by atoms with van der Waals surface area (Å²) in [4.78, 5) is 24.4. The maximum Gasteiger partial charge on any atom is 0.357 e. The number of esters is 1. The van der Waals surface area contributed by atoms with Gasteiger partial charge in [-0.15, -0.1) is 0 Å². The topological polar surface area (TPSA) is 82.3 Å². The van der Waals surface area contributed by atoms with Crippen LogP contribution in [0.3, 0.4) is 0 Å². The maximum absolute atomic E-state index is 11.0.